The Morgan fingerprint density at radius 2 is 2.07 bits per heavy atom. The summed E-state index contributed by atoms with van der Waals surface area (Å²) in [6.07, 6.45) is -1.49. The van der Waals surface area contributed by atoms with E-state index >= 15 is 0 Å². The molecule has 2 aliphatic rings. The van der Waals surface area contributed by atoms with E-state index in [0.717, 1.165) is 4.43 Å². The van der Waals surface area contributed by atoms with Crippen LogP contribution in [0.4, 0.5) is 0 Å². The van der Waals surface area contributed by atoms with E-state index in [2.05, 4.69) is 22.6 Å². The fourth-order valence-electron chi connectivity index (χ4n) is 1.85. The molecule has 0 saturated carbocycles. The molecule has 15 heavy (non-hydrogen) atoms. The van der Waals surface area contributed by atoms with Crippen LogP contribution >= 0.6 is 22.6 Å². The zero-order valence-electron chi connectivity index (χ0n) is 9.14. The molecule has 2 heterocycles. The molecule has 5 heteroatoms. The third-order valence-electron chi connectivity index (χ3n) is 3.22. The van der Waals surface area contributed by atoms with Crippen LogP contribution in [0.3, 0.4) is 0 Å². The summed E-state index contributed by atoms with van der Waals surface area (Å²) in [4.78, 5) is 0. The molecular formula is C10H17IO4. The minimum absolute atomic E-state index is 0.169. The smallest absolute Gasteiger partial charge is 0.190 e. The minimum atomic E-state index is -0.632. The van der Waals surface area contributed by atoms with Gasteiger partial charge in [0.25, 0.3) is 0 Å². The lowest BCUT2D eigenvalue weighted by molar-refractivity contribution is -0.241. The van der Waals surface area contributed by atoms with Gasteiger partial charge in [-0.25, -0.2) is 0 Å². The molecule has 0 radical (unpaired) electrons. The number of hydrogen-bond acceptors (Lipinski definition) is 4. The lowest BCUT2D eigenvalue weighted by Gasteiger charge is -2.29. The van der Waals surface area contributed by atoms with Gasteiger partial charge in [-0.1, -0.05) is 36.4 Å². The molecule has 4 nitrogen and oxygen atoms in total. The summed E-state index contributed by atoms with van der Waals surface area (Å²) in [6.45, 7) is 5.96. The van der Waals surface area contributed by atoms with Gasteiger partial charge in [0.1, 0.15) is 12.2 Å². The average Bonchev–Trinajstić information content (AvgIpc) is 2.64. The number of halogens is 1. The van der Waals surface area contributed by atoms with Gasteiger partial charge in [-0.3, -0.25) is 0 Å². The maximum Gasteiger partial charge on any atom is 0.190 e. The first-order valence-electron chi connectivity index (χ1n) is 5.23. The van der Waals surface area contributed by atoms with Crippen molar-refractivity contribution in [3.05, 3.63) is 0 Å². The van der Waals surface area contributed by atoms with Crippen LogP contribution in [-0.4, -0.2) is 39.9 Å². The molecule has 1 unspecified atom stereocenters. The predicted molar refractivity (Wildman–Crippen MR) is 62.8 cm³/mol. The van der Waals surface area contributed by atoms with Crippen LogP contribution in [0, 0.1) is 5.92 Å². The van der Waals surface area contributed by atoms with Gasteiger partial charge >= 0.3 is 0 Å². The van der Waals surface area contributed by atoms with Crippen molar-refractivity contribution in [1.29, 1.82) is 0 Å². The zero-order chi connectivity index (χ0) is 11.2. The third-order valence-corrected chi connectivity index (χ3v) is 4.08. The molecule has 88 valence electrons. The van der Waals surface area contributed by atoms with Gasteiger partial charge in [-0.05, 0) is 6.92 Å². The first-order valence-corrected chi connectivity index (χ1v) is 6.75. The largest absolute Gasteiger partial charge is 0.387 e. The normalized spacial score (nSPS) is 50.0. The number of hydrogen-bond donors (Lipinski definition) is 1. The highest BCUT2D eigenvalue weighted by atomic mass is 127. The van der Waals surface area contributed by atoms with E-state index in [9.17, 15) is 5.11 Å². The lowest BCUT2D eigenvalue weighted by Crippen LogP contribution is -2.39. The van der Waals surface area contributed by atoms with Gasteiger partial charge in [-0.15, -0.1) is 0 Å². The van der Waals surface area contributed by atoms with Crippen LogP contribution in [0.5, 0.6) is 0 Å². The Labute approximate surface area is 103 Å². The molecule has 1 N–H and O–H groups in total. The summed E-state index contributed by atoms with van der Waals surface area (Å²) >= 11 is 2.19. The Morgan fingerprint density at radius 1 is 1.40 bits per heavy atom. The standard InChI is InChI=1S/C10H17IO4/c1-5(2)10(3)14-8-7(12)6(4-11)13-9(8)15-10/h5-9,12H,4H2,1-3H3/t6-,7+,8-,9-,10?/m1/s1. The number of alkyl halides is 1. The molecule has 0 spiro atoms. The van der Waals surface area contributed by atoms with Crippen molar-refractivity contribution >= 4 is 22.6 Å². The Bertz CT molecular complexity index is 248. The average molecular weight is 328 g/mol. The molecule has 0 aromatic rings. The van der Waals surface area contributed by atoms with E-state index in [1.54, 1.807) is 0 Å². The molecule has 2 rings (SSSR count). The van der Waals surface area contributed by atoms with E-state index in [4.69, 9.17) is 14.2 Å². The monoisotopic (exact) mass is 328 g/mol. The highest BCUT2D eigenvalue weighted by molar-refractivity contribution is 14.1. The van der Waals surface area contributed by atoms with E-state index in [-0.39, 0.29) is 18.1 Å². The van der Waals surface area contributed by atoms with Crippen molar-refractivity contribution in [2.45, 2.75) is 51.2 Å². The second-order valence-electron chi connectivity index (χ2n) is 4.56. The van der Waals surface area contributed by atoms with Crippen molar-refractivity contribution in [1.82, 2.24) is 0 Å². The molecule has 0 aliphatic carbocycles. The van der Waals surface area contributed by atoms with Crippen molar-refractivity contribution in [2.24, 2.45) is 5.92 Å². The molecule has 0 bridgehead atoms. The highest BCUT2D eigenvalue weighted by Gasteiger charge is 2.56. The minimum Gasteiger partial charge on any atom is -0.387 e. The molecule has 2 aliphatic heterocycles. The van der Waals surface area contributed by atoms with E-state index in [1.807, 2.05) is 20.8 Å². The fourth-order valence-corrected chi connectivity index (χ4v) is 2.58. The quantitative estimate of drug-likeness (QED) is 0.613. The second-order valence-corrected chi connectivity index (χ2v) is 5.44. The van der Waals surface area contributed by atoms with Crippen LogP contribution in [0.15, 0.2) is 0 Å². The second kappa shape index (κ2) is 4.10. The summed E-state index contributed by atoms with van der Waals surface area (Å²) in [5, 5.41) is 9.94. The van der Waals surface area contributed by atoms with Crippen molar-refractivity contribution < 1.29 is 19.3 Å². The predicted octanol–water partition coefficient (Wildman–Crippen LogP) is 1.29. The van der Waals surface area contributed by atoms with Gasteiger partial charge in [-0.2, -0.15) is 0 Å². The van der Waals surface area contributed by atoms with Crippen LogP contribution in [0.1, 0.15) is 20.8 Å². The number of aliphatic hydroxyl groups excluding tert-OH is 1. The summed E-state index contributed by atoms with van der Waals surface area (Å²) in [6, 6.07) is 0. The van der Waals surface area contributed by atoms with E-state index in [0.29, 0.717) is 0 Å². The summed E-state index contributed by atoms with van der Waals surface area (Å²) in [7, 11) is 0. The van der Waals surface area contributed by atoms with Crippen LogP contribution < -0.4 is 0 Å². The lowest BCUT2D eigenvalue weighted by atomic mass is 10.1. The van der Waals surface area contributed by atoms with Gasteiger partial charge in [0, 0.05) is 10.3 Å². The first-order chi connectivity index (χ1) is 6.98. The fraction of sp³-hybridized carbons (Fsp3) is 1.00. The Balaban J connectivity index is 2.08. The number of fused-ring (bicyclic) bond motifs is 1. The van der Waals surface area contributed by atoms with Gasteiger partial charge in [0.05, 0.1) is 6.10 Å². The molecule has 0 aromatic carbocycles. The summed E-state index contributed by atoms with van der Waals surface area (Å²) < 4.78 is 17.8. The van der Waals surface area contributed by atoms with Crippen LogP contribution in [0.25, 0.3) is 0 Å². The highest BCUT2D eigenvalue weighted by Crippen LogP contribution is 2.41. The maximum atomic E-state index is 9.94. The zero-order valence-corrected chi connectivity index (χ0v) is 11.3. The van der Waals surface area contributed by atoms with Gasteiger partial charge in [0.2, 0.25) is 0 Å². The van der Waals surface area contributed by atoms with E-state index < -0.39 is 18.2 Å². The molecule has 0 amide bonds. The molecule has 2 fully saturated rings. The summed E-state index contributed by atoms with van der Waals surface area (Å²) in [5.41, 5.74) is 0. The number of ether oxygens (including phenoxy) is 3. The maximum absolute atomic E-state index is 9.94. The first kappa shape index (κ1) is 12.0. The Morgan fingerprint density at radius 3 is 2.53 bits per heavy atom. The third kappa shape index (κ3) is 1.93. The van der Waals surface area contributed by atoms with Gasteiger partial charge < -0.3 is 19.3 Å². The number of aliphatic hydroxyl groups is 1. The molecule has 0 aromatic heterocycles. The molecule has 2 saturated heterocycles. The molecule has 5 atom stereocenters. The Kier molecular flexibility index (Phi) is 3.29. The van der Waals surface area contributed by atoms with Crippen molar-refractivity contribution in [3.8, 4) is 0 Å². The van der Waals surface area contributed by atoms with Crippen LogP contribution in [0.2, 0.25) is 0 Å². The van der Waals surface area contributed by atoms with Crippen LogP contribution in [-0.2, 0) is 14.2 Å². The topological polar surface area (TPSA) is 47.9 Å². The number of rotatable bonds is 2. The van der Waals surface area contributed by atoms with Crippen molar-refractivity contribution in [3.63, 3.8) is 0 Å². The van der Waals surface area contributed by atoms with Crippen molar-refractivity contribution in [2.75, 3.05) is 4.43 Å². The summed E-state index contributed by atoms with van der Waals surface area (Å²) in [5.74, 6) is -0.399. The molecular weight excluding hydrogens is 311 g/mol. The van der Waals surface area contributed by atoms with E-state index in [1.165, 1.54) is 0 Å². The van der Waals surface area contributed by atoms with Gasteiger partial charge in [0.15, 0.2) is 12.1 Å². The Hall–Kier alpha value is 0.570. The SMILES string of the molecule is CC(C)C1(C)O[C@H]2O[C@H](CI)[C@H](O)[C@H]2O1.